The van der Waals surface area contributed by atoms with E-state index in [1.165, 1.54) is 13.2 Å². The van der Waals surface area contributed by atoms with Gasteiger partial charge in [-0.3, -0.25) is 4.79 Å². The Bertz CT molecular complexity index is 480. The van der Waals surface area contributed by atoms with Gasteiger partial charge in [-0.2, -0.15) is 0 Å². The molecule has 4 nitrogen and oxygen atoms in total. The molecule has 0 aromatic heterocycles. The Morgan fingerprint density at radius 3 is 2.61 bits per heavy atom. The summed E-state index contributed by atoms with van der Waals surface area (Å²) >= 11 is 5.95. The number of rotatable bonds is 5. The summed E-state index contributed by atoms with van der Waals surface area (Å²) in [4.78, 5) is 22.5. The molecule has 0 aliphatic carbocycles. The lowest BCUT2D eigenvalue weighted by atomic mass is 10.1. The van der Waals surface area contributed by atoms with Crippen LogP contribution < -0.4 is 4.74 Å². The van der Waals surface area contributed by atoms with Crippen molar-refractivity contribution in [3.8, 4) is 5.75 Å². The van der Waals surface area contributed by atoms with E-state index in [0.717, 1.165) is 12.2 Å². The Hall–Kier alpha value is -1.81. The van der Waals surface area contributed by atoms with E-state index in [4.69, 9.17) is 16.3 Å². The van der Waals surface area contributed by atoms with E-state index < -0.39 is 5.97 Å². The monoisotopic (exact) mass is 268 g/mol. The van der Waals surface area contributed by atoms with Crippen molar-refractivity contribution >= 4 is 23.4 Å². The zero-order chi connectivity index (χ0) is 13.5. The Morgan fingerprint density at radius 1 is 1.33 bits per heavy atom. The minimum atomic E-state index is -0.583. The van der Waals surface area contributed by atoms with Crippen LogP contribution in [0.1, 0.15) is 17.3 Å². The Morgan fingerprint density at radius 2 is 2.06 bits per heavy atom. The van der Waals surface area contributed by atoms with E-state index in [2.05, 4.69) is 4.74 Å². The highest BCUT2D eigenvalue weighted by Gasteiger charge is 2.07. The first-order chi connectivity index (χ1) is 8.58. The maximum atomic E-state index is 11.7. The van der Waals surface area contributed by atoms with Crippen LogP contribution in [0.25, 0.3) is 0 Å². The standard InChI is InChI=1S/C13H13ClO4/c1-3-18-12-6-4-9(8-10(12)14)11(15)5-7-13(16)17-2/h4-8H,3H2,1-2H3/b7-5+. The minimum Gasteiger partial charge on any atom is -0.492 e. The van der Waals surface area contributed by atoms with Crippen molar-refractivity contribution in [1.29, 1.82) is 0 Å². The molecule has 0 saturated heterocycles. The van der Waals surface area contributed by atoms with Gasteiger partial charge in [-0.05, 0) is 31.2 Å². The van der Waals surface area contributed by atoms with Crippen LogP contribution >= 0.6 is 11.6 Å². The van der Waals surface area contributed by atoms with Gasteiger partial charge in [0.1, 0.15) is 5.75 Å². The van der Waals surface area contributed by atoms with Crippen molar-refractivity contribution in [2.45, 2.75) is 6.92 Å². The number of esters is 1. The third-order valence-corrected chi connectivity index (χ3v) is 2.38. The molecule has 18 heavy (non-hydrogen) atoms. The summed E-state index contributed by atoms with van der Waals surface area (Å²) in [5.74, 6) is -0.390. The van der Waals surface area contributed by atoms with Crippen LogP contribution in [-0.2, 0) is 9.53 Å². The summed E-state index contributed by atoms with van der Waals surface area (Å²) in [6, 6.07) is 4.70. The number of allylic oxidation sites excluding steroid dienone is 1. The van der Waals surface area contributed by atoms with Gasteiger partial charge in [0.15, 0.2) is 5.78 Å². The Balaban J connectivity index is 2.84. The van der Waals surface area contributed by atoms with E-state index in [0.29, 0.717) is 22.9 Å². The number of carbonyl (C=O) groups excluding carboxylic acids is 2. The first kappa shape index (κ1) is 14.3. The molecule has 1 rings (SSSR count). The van der Waals surface area contributed by atoms with Gasteiger partial charge in [-0.15, -0.1) is 0 Å². The molecule has 96 valence electrons. The second-order valence-electron chi connectivity index (χ2n) is 3.30. The Labute approximate surface area is 110 Å². The highest BCUT2D eigenvalue weighted by atomic mass is 35.5. The quantitative estimate of drug-likeness (QED) is 0.468. The second-order valence-corrected chi connectivity index (χ2v) is 3.71. The largest absolute Gasteiger partial charge is 0.492 e. The van der Waals surface area contributed by atoms with E-state index >= 15 is 0 Å². The molecule has 0 N–H and O–H groups in total. The van der Waals surface area contributed by atoms with Crippen molar-refractivity contribution in [1.82, 2.24) is 0 Å². The summed E-state index contributed by atoms with van der Waals surface area (Å²) in [5.41, 5.74) is 0.378. The predicted octanol–water partition coefficient (Wildman–Crippen LogP) is 2.65. The van der Waals surface area contributed by atoms with Gasteiger partial charge in [0, 0.05) is 11.6 Å². The number of carbonyl (C=O) groups is 2. The fourth-order valence-corrected chi connectivity index (χ4v) is 1.47. The number of ether oxygens (including phenoxy) is 2. The molecule has 0 aliphatic heterocycles. The van der Waals surface area contributed by atoms with Gasteiger partial charge in [0.25, 0.3) is 0 Å². The van der Waals surface area contributed by atoms with Crippen molar-refractivity contribution < 1.29 is 19.1 Å². The summed E-state index contributed by atoms with van der Waals surface area (Å²) in [6.07, 6.45) is 2.20. The highest BCUT2D eigenvalue weighted by molar-refractivity contribution is 6.32. The second kappa shape index (κ2) is 6.81. The normalized spacial score (nSPS) is 10.4. The SMILES string of the molecule is CCOc1ccc(C(=O)/C=C/C(=O)OC)cc1Cl. The maximum absolute atomic E-state index is 11.7. The van der Waals surface area contributed by atoms with Gasteiger partial charge in [0.05, 0.1) is 18.7 Å². The summed E-state index contributed by atoms with van der Waals surface area (Å²) < 4.78 is 9.64. The number of halogens is 1. The fraction of sp³-hybridized carbons (Fsp3) is 0.231. The molecule has 1 aromatic rings. The van der Waals surface area contributed by atoms with Crippen molar-refractivity contribution in [2.24, 2.45) is 0 Å². The van der Waals surface area contributed by atoms with Crippen LogP contribution in [0.3, 0.4) is 0 Å². The topological polar surface area (TPSA) is 52.6 Å². The van der Waals surface area contributed by atoms with Crippen LogP contribution in [0.4, 0.5) is 0 Å². The number of hydrogen-bond donors (Lipinski definition) is 0. The van der Waals surface area contributed by atoms with E-state index in [9.17, 15) is 9.59 Å². The molecule has 1 aromatic carbocycles. The fourth-order valence-electron chi connectivity index (χ4n) is 1.23. The molecule has 5 heteroatoms. The molecule has 0 aliphatic rings. The molecule has 0 bridgehead atoms. The van der Waals surface area contributed by atoms with Crippen LogP contribution in [0.15, 0.2) is 30.4 Å². The maximum Gasteiger partial charge on any atom is 0.330 e. The molecular weight excluding hydrogens is 256 g/mol. The van der Waals surface area contributed by atoms with Crippen LogP contribution in [0, 0.1) is 0 Å². The molecule has 0 saturated carbocycles. The molecule has 0 unspecified atom stereocenters. The number of benzene rings is 1. The Kier molecular flexibility index (Phi) is 5.39. The third kappa shape index (κ3) is 3.89. The van der Waals surface area contributed by atoms with Gasteiger partial charge >= 0.3 is 5.97 Å². The van der Waals surface area contributed by atoms with Gasteiger partial charge in [-0.25, -0.2) is 4.79 Å². The summed E-state index contributed by atoms with van der Waals surface area (Å²) in [5, 5.41) is 0.356. The van der Waals surface area contributed by atoms with E-state index in [-0.39, 0.29) is 5.78 Å². The van der Waals surface area contributed by atoms with Gasteiger partial charge in [0.2, 0.25) is 0 Å². The molecule has 0 heterocycles. The smallest absolute Gasteiger partial charge is 0.330 e. The zero-order valence-electron chi connectivity index (χ0n) is 10.1. The number of ketones is 1. The minimum absolute atomic E-state index is 0.328. The number of methoxy groups -OCH3 is 1. The van der Waals surface area contributed by atoms with Crippen molar-refractivity contribution in [3.63, 3.8) is 0 Å². The average Bonchev–Trinajstić information content (AvgIpc) is 2.38. The van der Waals surface area contributed by atoms with E-state index in [1.54, 1.807) is 12.1 Å². The van der Waals surface area contributed by atoms with E-state index in [1.807, 2.05) is 6.92 Å². The van der Waals surface area contributed by atoms with Crippen LogP contribution in [0.5, 0.6) is 5.75 Å². The predicted molar refractivity (Wildman–Crippen MR) is 68.1 cm³/mol. The first-order valence-electron chi connectivity index (χ1n) is 5.31. The molecule has 0 radical (unpaired) electrons. The molecule has 0 atom stereocenters. The lowest BCUT2D eigenvalue weighted by Crippen LogP contribution is -2.00. The summed E-state index contributed by atoms with van der Waals surface area (Å²) in [7, 11) is 1.24. The molecule has 0 amide bonds. The molecular formula is C13H13ClO4. The first-order valence-corrected chi connectivity index (χ1v) is 5.69. The van der Waals surface area contributed by atoms with Gasteiger partial charge in [-0.1, -0.05) is 11.6 Å². The van der Waals surface area contributed by atoms with Crippen LogP contribution in [-0.4, -0.2) is 25.5 Å². The lowest BCUT2D eigenvalue weighted by molar-refractivity contribution is -0.134. The van der Waals surface area contributed by atoms with Gasteiger partial charge < -0.3 is 9.47 Å². The molecule has 0 fully saturated rings. The highest BCUT2D eigenvalue weighted by Crippen LogP contribution is 2.25. The van der Waals surface area contributed by atoms with Crippen molar-refractivity contribution in [3.05, 3.63) is 40.9 Å². The van der Waals surface area contributed by atoms with Crippen LogP contribution in [0.2, 0.25) is 5.02 Å². The average molecular weight is 269 g/mol. The third-order valence-electron chi connectivity index (χ3n) is 2.09. The van der Waals surface area contributed by atoms with Crippen molar-refractivity contribution in [2.75, 3.05) is 13.7 Å². The molecule has 0 spiro atoms. The zero-order valence-corrected chi connectivity index (χ0v) is 10.9. The lowest BCUT2D eigenvalue weighted by Gasteiger charge is -2.06. The number of hydrogen-bond acceptors (Lipinski definition) is 4. The summed E-state index contributed by atoms with van der Waals surface area (Å²) in [6.45, 7) is 2.34.